The number of hydrogen-bond acceptors (Lipinski definition) is 4. The van der Waals surface area contributed by atoms with E-state index in [1.54, 1.807) is 16.7 Å². The van der Waals surface area contributed by atoms with Crippen molar-refractivity contribution in [3.63, 3.8) is 0 Å². The van der Waals surface area contributed by atoms with Gasteiger partial charge in [-0.2, -0.15) is 0 Å². The molecule has 2 unspecified atom stereocenters. The van der Waals surface area contributed by atoms with Gasteiger partial charge >= 0.3 is 12.4 Å². The molecule has 0 aromatic heterocycles. The second kappa shape index (κ2) is 9.29. The molecule has 7 nitrogen and oxygen atoms in total. The molecule has 1 saturated carbocycles. The van der Waals surface area contributed by atoms with Gasteiger partial charge in [-0.1, -0.05) is 13.0 Å². The summed E-state index contributed by atoms with van der Waals surface area (Å²) in [7, 11) is 0. The number of aliphatic hydroxyl groups excluding tert-OH is 1. The maximum Gasteiger partial charge on any atom is 0.573 e. The maximum atomic E-state index is 14.1. The van der Waals surface area contributed by atoms with Gasteiger partial charge in [0.2, 0.25) is 5.91 Å². The summed E-state index contributed by atoms with van der Waals surface area (Å²) in [6.07, 6.45) is -3.47. The van der Waals surface area contributed by atoms with Crippen molar-refractivity contribution in [3.05, 3.63) is 29.6 Å². The van der Waals surface area contributed by atoms with Gasteiger partial charge in [0.25, 0.3) is 0 Å². The number of hydrogen-bond donors (Lipinski definition) is 2. The molecule has 2 fully saturated rings. The summed E-state index contributed by atoms with van der Waals surface area (Å²) in [5.74, 6) is -1.73. The van der Waals surface area contributed by atoms with Crippen molar-refractivity contribution in [3.8, 4) is 5.75 Å². The van der Waals surface area contributed by atoms with Gasteiger partial charge in [-0.05, 0) is 25.3 Å². The van der Waals surface area contributed by atoms with Crippen LogP contribution in [0.5, 0.6) is 5.75 Å². The number of nitrogens with one attached hydrogen (secondary N) is 1. The fraction of sp³-hybridized carbons (Fsp3) is 0.600. The molecule has 1 aliphatic carbocycles. The number of β-amino-alcohol motifs (C(OH)–C–C–N with tert-alkyl or cyclic N) is 1. The SMILES string of the molecule is CCC(=O)N1CC(O)CC(N(C(=O)NCc2ccc(OC(F)(F)F)cc2F)C2CC2)C1. The van der Waals surface area contributed by atoms with E-state index >= 15 is 0 Å². The molecule has 31 heavy (non-hydrogen) atoms. The van der Waals surface area contributed by atoms with Crippen LogP contribution in [-0.4, -0.2) is 64.5 Å². The lowest BCUT2D eigenvalue weighted by Gasteiger charge is -2.41. The molecule has 1 heterocycles. The Morgan fingerprint density at radius 1 is 1.26 bits per heavy atom. The lowest BCUT2D eigenvalue weighted by atomic mass is 10.0. The van der Waals surface area contributed by atoms with Crippen molar-refractivity contribution >= 4 is 11.9 Å². The van der Waals surface area contributed by atoms with Crippen LogP contribution in [0.15, 0.2) is 18.2 Å². The number of carbonyl (C=O) groups excluding carboxylic acids is 2. The highest BCUT2D eigenvalue weighted by molar-refractivity contribution is 5.77. The number of halogens is 4. The molecule has 1 aliphatic heterocycles. The molecule has 1 aromatic rings. The monoisotopic (exact) mass is 447 g/mol. The average molecular weight is 447 g/mol. The molecule has 2 atom stereocenters. The number of amides is 3. The third kappa shape index (κ3) is 6.22. The van der Waals surface area contributed by atoms with Crippen LogP contribution < -0.4 is 10.1 Å². The van der Waals surface area contributed by atoms with Gasteiger partial charge in [0.05, 0.1) is 12.1 Å². The first-order valence-electron chi connectivity index (χ1n) is 10.1. The van der Waals surface area contributed by atoms with Crippen molar-refractivity contribution in [1.82, 2.24) is 15.1 Å². The molecule has 3 rings (SSSR count). The molecule has 172 valence electrons. The van der Waals surface area contributed by atoms with Gasteiger partial charge in [-0.25, -0.2) is 9.18 Å². The smallest absolute Gasteiger partial charge is 0.406 e. The summed E-state index contributed by atoms with van der Waals surface area (Å²) in [6.45, 7) is 2.03. The number of aliphatic hydroxyl groups is 1. The molecule has 0 spiro atoms. The Morgan fingerprint density at radius 2 is 1.97 bits per heavy atom. The van der Waals surface area contributed by atoms with E-state index in [4.69, 9.17) is 0 Å². The average Bonchev–Trinajstić information content (AvgIpc) is 3.50. The van der Waals surface area contributed by atoms with Gasteiger partial charge < -0.3 is 25.0 Å². The quantitative estimate of drug-likeness (QED) is 0.658. The number of ether oxygens (including phenoxy) is 1. The maximum absolute atomic E-state index is 14.1. The van der Waals surface area contributed by atoms with Crippen LogP contribution in [0.3, 0.4) is 0 Å². The highest BCUT2D eigenvalue weighted by Gasteiger charge is 2.41. The number of carbonyl (C=O) groups is 2. The standard InChI is InChI=1S/C20H25F4N3O4/c1-2-18(29)26-10-14(7-15(28)11-26)27(13-4-5-13)19(30)25-9-12-3-6-16(8-17(12)21)31-20(22,23)24/h3,6,8,13-15,28H,2,4-5,7,9-11H2,1H3,(H,25,30). The van der Waals surface area contributed by atoms with Crippen molar-refractivity contribution < 1.29 is 37.0 Å². The van der Waals surface area contributed by atoms with E-state index in [2.05, 4.69) is 10.1 Å². The molecule has 11 heteroatoms. The zero-order valence-corrected chi connectivity index (χ0v) is 17.0. The molecular weight excluding hydrogens is 422 g/mol. The van der Waals surface area contributed by atoms with Crippen LogP contribution in [0.25, 0.3) is 0 Å². The van der Waals surface area contributed by atoms with Crippen LogP contribution in [0.2, 0.25) is 0 Å². The molecule has 1 aromatic carbocycles. The number of piperidine rings is 1. The molecule has 2 aliphatic rings. The highest BCUT2D eigenvalue weighted by Crippen LogP contribution is 2.32. The number of nitrogens with zero attached hydrogens (tertiary/aromatic N) is 2. The van der Waals surface area contributed by atoms with Gasteiger partial charge in [-0.15, -0.1) is 13.2 Å². The Morgan fingerprint density at radius 3 is 2.55 bits per heavy atom. The van der Waals surface area contributed by atoms with E-state index in [1.165, 1.54) is 0 Å². The van der Waals surface area contributed by atoms with Crippen LogP contribution >= 0.6 is 0 Å². The molecule has 0 radical (unpaired) electrons. The summed E-state index contributed by atoms with van der Waals surface area (Å²) in [4.78, 5) is 28.1. The Kier molecular flexibility index (Phi) is 6.93. The molecule has 2 N–H and O–H groups in total. The Labute approximate surface area is 176 Å². The van der Waals surface area contributed by atoms with Crippen molar-refractivity contribution in [2.75, 3.05) is 13.1 Å². The second-order valence-electron chi connectivity index (χ2n) is 7.79. The number of likely N-dealkylation sites (tertiary alicyclic amines) is 1. The van der Waals surface area contributed by atoms with E-state index in [9.17, 15) is 32.3 Å². The van der Waals surface area contributed by atoms with Crippen molar-refractivity contribution in [2.24, 2.45) is 0 Å². The molecule has 3 amide bonds. The first-order chi connectivity index (χ1) is 14.6. The van der Waals surface area contributed by atoms with Crippen LogP contribution in [0.4, 0.5) is 22.4 Å². The zero-order valence-electron chi connectivity index (χ0n) is 17.0. The summed E-state index contributed by atoms with van der Waals surface area (Å²) in [5.41, 5.74) is 0.00471. The van der Waals surface area contributed by atoms with E-state index in [0.29, 0.717) is 25.5 Å². The van der Waals surface area contributed by atoms with Crippen molar-refractivity contribution in [1.29, 1.82) is 0 Å². The molecule has 0 bridgehead atoms. The zero-order chi connectivity index (χ0) is 22.8. The van der Waals surface area contributed by atoms with E-state index in [1.807, 2.05) is 0 Å². The van der Waals surface area contributed by atoms with Gasteiger partial charge in [0.15, 0.2) is 0 Å². The summed E-state index contributed by atoms with van der Waals surface area (Å²) < 4.78 is 54.6. The minimum Gasteiger partial charge on any atom is -0.406 e. The summed E-state index contributed by atoms with van der Waals surface area (Å²) in [6, 6.07) is 1.83. The van der Waals surface area contributed by atoms with Crippen LogP contribution in [0, 0.1) is 5.82 Å². The Bertz CT molecular complexity index is 816. The van der Waals surface area contributed by atoms with Gasteiger partial charge in [0.1, 0.15) is 11.6 Å². The van der Waals surface area contributed by atoms with E-state index < -0.39 is 30.1 Å². The van der Waals surface area contributed by atoms with E-state index in [0.717, 1.165) is 25.0 Å². The van der Waals surface area contributed by atoms with Crippen molar-refractivity contribution in [2.45, 2.75) is 63.7 Å². The van der Waals surface area contributed by atoms with E-state index in [-0.39, 0.29) is 36.6 Å². The Balaban J connectivity index is 1.64. The summed E-state index contributed by atoms with van der Waals surface area (Å²) in [5, 5.41) is 12.8. The number of alkyl halides is 3. The first-order valence-corrected chi connectivity index (χ1v) is 10.1. The third-order valence-electron chi connectivity index (χ3n) is 5.32. The lowest BCUT2D eigenvalue weighted by Crippen LogP contribution is -2.58. The minimum absolute atomic E-state index is 0.00471. The third-order valence-corrected chi connectivity index (χ3v) is 5.32. The minimum atomic E-state index is -4.93. The fourth-order valence-corrected chi connectivity index (χ4v) is 3.79. The Hall–Kier alpha value is -2.56. The fourth-order valence-electron chi connectivity index (χ4n) is 3.79. The predicted molar refractivity (Wildman–Crippen MR) is 101 cm³/mol. The largest absolute Gasteiger partial charge is 0.573 e. The molecular formula is C20H25F4N3O4. The number of urea groups is 1. The lowest BCUT2D eigenvalue weighted by molar-refractivity contribution is -0.274. The number of rotatable bonds is 6. The number of benzene rings is 1. The van der Waals surface area contributed by atoms with Crippen LogP contribution in [0.1, 0.15) is 38.2 Å². The highest BCUT2D eigenvalue weighted by atomic mass is 19.4. The van der Waals surface area contributed by atoms with Crippen LogP contribution in [-0.2, 0) is 11.3 Å². The predicted octanol–water partition coefficient (Wildman–Crippen LogP) is 2.77. The normalized spacial score (nSPS) is 21.5. The first kappa shape index (κ1) is 23.1. The summed E-state index contributed by atoms with van der Waals surface area (Å²) >= 11 is 0. The molecule has 1 saturated heterocycles. The second-order valence-corrected chi connectivity index (χ2v) is 7.79. The van der Waals surface area contributed by atoms with Gasteiger partial charge in [-0.3, -0.25) is 4.79 Å². The van der Waals surface area contributed by atoms with Gasteiger partial charge in [0, 0.05) is 43.7 Å². The topological polar surface area (TPSA) is 82.1 Å².